The molecule has 0 aliphatic heterocycles. The molecule has 0 unspecified atom stereocenters. The minimum Gasteiger partial charge on any atom is -1.00 e. The fraction of sp³-hybridized carbons (Fsp3) is 0.857. The Kier molecular flexibility index (Phi) is 15.1. The van der Waals surface area contributed by atoms with E-state index in [2.05, 4.69) is 0 Å². The Labute approximate surface area is 151 Å². The maximum absolute atomic E-state index is 11.4. The van der Waals surface area contributed by atoms with Gasteiger partial charge in [0.05, 0.1) is 55.5 Å². The lowest BCUT2D eigenvalue weighted by atomic mass is 10.5. The average Bonchev–Trinajstić information content (AvgIpc) is 2.22. The standard InChI is InChI=1S/C14H30N2O5.2ClH/c1-15(2,3)11-13(17)20-9-7-19-8-10-21-14(18)12-16(4,5)6;;/h7-12H2,1-6H3;2*1H/q+2;;/p-2. The van der Waals surface area contributed by atoms with Crippen molar-refractivity contribution in [3.63, 3.8) is 0 Å². The molecule has 0 spiro atoms. The Morgan fingerprint density at radius 3 is 1.22 bits per heavy atom. The molecule has 0 amide bonds. The van der Waals surface area contributed by atoms with Crippen LogP contribution in [0, 0.1) is 0 Å². The number of quaternary nitrogens is 2. The summed E-state index contributed by atoms with van der Waals surface area (Å²) in [5.74, 6) is -0.499. The van der Waals surface area contributed by atoms with Crippen LogP contribution in [-0.4, -0.2) is 103 Å². The van der Waals surface area contributed by atoms with E-state index in [1.54, 1.807) is 0 Å². The Morgan fingerprint density at radius 1 is 0.652 bits per heavy atom. The summed E-state index contributed by atoms with van der Waals surface area (Å²) in [6, 6.07) is 0. The van der Waals surface area contributed by atoms with Crippen LogP contribution in [-0.2, 0) is 23.8 Å². The molecule has 0 aromatic carbocycles. The van der Waals surface area contributed by atoms with Gasteiger partial charge in [0.1, 0.15) is 13.2 Å². The van der Waals surface area contributed by atoms with Gasteiger partial charge >= 0.3 is 11.9 Å². The summed E-state index contributed by atoms with van der Waals surface area (Å²) in [5, 5.41) is 0. The van der Waals surface area contributed by atoms with Gasteiger partial charge in [0.15, 0.2) is 13.1 Å². The van der Waals surface area contributed by atoms with Crippen molar-refractivity contribution < 1.29 is 57.6 Å². The Bertz CT molecular complexity index is 309. The van der Waals surface area contributed by atoms with Crippen LogP contribution < -0.4 is 24.8 Å². The van der Waals surface area contributed by atoms with Gasteiger partial charge in [-0.05, 0) is 0 Å². The molecule has 23 heavy (non-hydrogen) atoms. The number of carbonyl (C=O) groups excluding carboxylic acids is 2. The summed E-state index contributed by atoms with van der Waals surface area (Å²) in [7, 11) is 11.5. The van der Waals surface area contributed by atoms with Crippen LogP contribution >= 0.6 is 0 Å². The smallest absolute Gasteiger partial charge is 0.361 e. The third-order valence-electron chi connectivity index (χ3n) is 2.19. The normalized spacial score (nSPS) is 11.0. The SMILES string of the molecule is C[N+](C)(C)CC(=O)OCCOCCOC(=O)C[N+](C)(C)C.[Cl-].[Cl-]. The van der Waals surface area contributed by atoms with E-state index in [1.807, 2.05) is 42.3 Å². The van der Waals surface area contributed by atoms with E-state index in [0.717, 1.165) is 0 Å². The summed E-state index contributed by atoms with van der Waals surface area (Å²) in [6.45, 7) is 1.67. The maximum Gasteiger partial charge on any atom is 0.361 e. The quantitative estimate of drug-likeness (QED) is 0.215. The molecule has 0 aliphatic carbocycles. The van der Waals surface area contributed by atoms with Gasteiger partial charge in [0.25, 0.3) is 0 Å². The van der Waals surface area contributed by atoms with Crippen LogP contribution in [0.25, 0.3) is 0 Å². The molecular formula is C14H30Cl2N2O5. The molecule has 0 aliphatic rings. The monoisotopic (exact) mass is 376 g/mol. The minimum atomic E-state index is -0.250. The largest absolute Gasteiger partial charge is 1.00 e. The molecular weight excluding hydrogens is 347 g/mol. The number of likely N-dealkylation sites (N-methyl/N-ethyl adjacent to an activating group) is 2. The molecule has 0 radical (unpaired) electrons. The van der Waals surface area contributed by atoms with Gasteiger partial charge in [-0.15, -0.1) is 0 Å². The predicted molar refractivity (Wildman–Crippen MR) is 78.5 cm³/mol. The molecule has 0 bridgehead atoms. The van der Waals surface area contributed by atoms with Gasteiger partial charge in [-0.25, -0.2) is 9.59 Å². The third-order valence-corrected chi connectivity index (χ3v) is 2.19. The van der Waals surface area contributed by atoms with Gasteiger partial charge in [0.2, 0.25) is 0 Å². The van der Waals surface area contributed by atoms with E-state index in [0.29, 0.717) is 35.3 Å². The van der Waals surface area contributed by atoms with E-state index < -0.39 is 0 Å². The zero-order valence-corrected chi connectivity index (χ0v) is 16.4. The topological polar surface area (TPSA) is 61.8 Å². The van der Waals surface area contributed by atoms with Gasteiger partial charge in [-0.3, -0.25) is 0 Å². The van der Waals surface area contributed by atoms with Crippen LogP contribution in [0.5, 0.6) is 0 Å². The number of esters is 2. The average molecular weight is 377 g/mol. The summed E-state index contributed by atoms with van der Waals surface area (Å²) in [6.07, 6.45) is 0. The number of hydrogen-bond acceptors (Lipinski definition) is 5. The van der Waals surface area contributed by atoms with Crippen LogP contribution in [0.2, 0.25) is 0 Å². The fourth-order valence-electron chi connectivity index (χ4n) is 1.40. The van der Waals surface area contributed by atoms with Crippen molar-refractivity contribution in [2.45, 2.75) is 0 Å². The van der Waals surface area contributed by atoms with E-state index >= 15 is 0 Å². The third kappa shape index (κ3) is 21.4. The fourth-order valence-corrected chi connectivity index (χ4v) is 1.40. The van der Waals surface area contributed by atoms with Crippen LogP contribution in [0.1, 0.15) is 0 Å². The highest BCUT2D eigenvalue weighted by molar-refractivity contribution is 5.70. The van der Waals surface area contributed by atoms with Gasteiger partial charge in [-0.2, -0.15) is 0 Å². The van der Waals surface area contributed by atoms with Crippen molar-refractivity contribution in [2.75, 3.05) is 81.8 Å². The lowest BCUT2D eigenvalue weighted by Crippen LogP contribution is -3.00. The molecule has 140 valence electrons. The highest BCUT2D eigenvalue weighted by Gasteiger charge is 2.16. The number of nitrogens with zero attached hydrogens (tertiary/aromatic N) is 2. The first-order valence-electron chi connectivity index (χ1n) is 6.99. The van der Waals surface area contributed by atoms with Crippen molar-refractivity contribution in [1.82, 2.24) is 0 Å². The highest BCUT2D eigenvalue weighted by atomic mass is 35.5. The minimum absolute atomic E-state index is 0. The second-order valence-corrected chi connectivity index (χ2v) is 6.95. The van der Waals surface area contributed by atoms with Crippen LogP contribution in [0.3, 0.4) is 0 Å². The van der Waals surface area contributed by atoms with Crippen molar-refractivity contribution in [2.24, 2.45) is 0 Å². The molecule has 9 heteroatoms. The van der Waals surface area contributed by atoms with E-state index in [1.165, 1.54) is 0 Å². The van der Waals surface area contributed by atoms with Crippen LogP contribution in [0.15, 0.2) is 0 Å². The van der Waals surface area contributed by atoms with Crippen molar-refractivity contribution in [3.05, 3.63) is 0 Å². The second kappa shape index (κ2) is 12.8. The number of hydrogen-bond donors (Lipinski definition) is 0. The number of halogens is 2. The first-order chi connectivity index (χ1) is 9.49. The van der Waals surface area contributed by atoms with Crippen molar-refractivity contribution in [3.8, 4) is 0 Å². The van der Waals surface area contributed by atoms with Crippen molar-refractivity contribution >= 4 is 11.9 Å². The van der Waals surface area contributed by atoms with Gasteiger partial charge in [-0.1, -0.05) is 0 Å². The second-order valence-electron chi connectivity index (χ2n) is 6.95. The maximum atomic E-state index is 11.4. The lowest BCUT2D eigenvalue weighted by Gasteiger charge is -2.22. The lowest BCUT2D eigenvalue weighted by molar-refractivity contribution is -0.862. The van der Waals surface area contributed by atoms with Gasteiger partial charge in [0, 0.05) is 0 Å². The molecule has 0 rings (SSSR count). The molecule has 0 N–H and O–H groups in total. The molecule has 0 aromatic rings. The molecule has 0 aromatic heterocycles. The van der Waals surface area contributed by atoms with E-state index in [9.17, 15) is 9.59 Å². The van der Waals surface area contributed by atoms with Gasteiger partial charge < -0.3 is 48.0 Å². The van der Waals surface area contributed by atoms with E-state index in [4.69, 9.17) is 14.2 Å². The molecule has 0 fully saturated rings. The number of carbonyl (C=O) groups is 2. The predicted octanol–water partition coefficient (Wildman–Crippen LogP) is -6.49. The molecule has 0 heterocycles. The molecule has 0 atom stereocenters. The molecule has 0 saturated carbocycles. The Balaban J connectivity index is -0.00000200. The highest BCUT2D eigenvalue weighted by Crippen LogP contribution is 1.93. The zero-order chi connectivity index (χ0) is 16.5. The summed E-state index contributed by atoms with van der Waals surface area (Å²) < 4.78 is 16.3. The van der Waals surface area contributed by atoms with Crippen LogP contribution in [0.4, 0.5) is 0 Å². The Hall–Kier alpha value is -0.600. The van der Waals surface area contributed by atoms with Crippen molar-refractivity contribution in [1.29, 1.82) is 0 Å². The first kappa shape index (κ1) is 27.3. The number of ether oxygens (including phenoxy) is 3. The molecule has 7 nitrogen and oxygen atoms in total. The Morgan fingerprint density at radius 2 is 0.957 bits per heavy atom. The zero-order valence-electron chi connectivity index (χ0n) is 14.9. The summed E-state index contributed by atoms with van der Waals surface area (Å²) in [5.41, 5.74) is 0. The summed E-state index contributed by atoms with van der Waals surface area (Å²) in [4.78, 5) is 22.8. The molecule has 0 saturated heterocycles. The summed E-state index contributed by atoms with van der Waals surface area (Å²) >= 11 is 0. The number of rotatable bonds is 10. The first-order valence-corrected chi connectivity index (χ1v) is 6.99. The van der Waals surface area contributed by atoms with E-state index in [-0.39, 0.29) is 50.0 Å².